The minimum atomic E-state index is -1.24. The monoisotopic (exact) mass is 448 g/mol. The summed E-state index contributed by atoms with van der Waals surface area (Å²) in [6, 6.07) is 2.99. The minimum absolute atomic E-state index is 0.0409. The Hall–Kier alpha value is -3.83. The number of benzene rings is 1. The Kier molecular flexibility index (Phi) is 8.81. The van der Waals surface area contributed by atoms with Crippen molar-refractivity contribution >= 4 is 29.7 Å². The zero-order valence-electron chi connectivity index (χ0n) is 17.4. The van der Waals surface area contributed by atoms with Crippen LogP contribution in [-0.4, -0.2) is 64.5 Å². The van der Waals surface area contributed by atoms with Crippen molar-refractivity contribution in [3.8, 4) is 5.75 Å². The summed E-state index contributed by atoms with van der Waals surface area (Å²) in [5, 5.41) is 26.5. The molecular weight excluding hydrogens is 420 g/mol. The summed E-state index contributed by atoms with van der Waals surface area (Å²) in [7, 11) is 0. The predicted molar refractivity (Wildman–Crippen MR) is 114 cm³/mol. The van der Waals surface area contributed by atoms with Crippen LogP contribution in [0.2, 0.25) is 0 Å². The number of phenolic OH excluding ortho intramolecular Hbond substituents is 1. The molecule has 12 nitrogen and oxygen atoms in total. The highest BCUT2D eigenvalue weighted by molar-refractivity contribution is 5.95. The highest BCUT2D eigenvalue weighted by atomic mass is 16.4. The van der Waals surface area contributed by atoms with Crippen LogP contribution in [-0.2, 0) is 25.6 Å². The molecule has 1 aromatic carbocycles. The molecule has 0 radical (unpaired) electrons. The Morgan fingerprint density at radius 1 is 1.16 bits per heavy atom. The third-order valence-corrected chi connectivity index (χ3v) is 4.88. The summed E-state index contributed by atoms with van der Waals surface area (Å²) in [5.41, 5.74) is 11.1. The molecule has 1 aliphatic rings. The first-order valence-corrected chi connectivity index (χ1v) is 10.1. The lowest BCUT2D eigenvalue weighted by molar-refractivity contribution is -0.142. The molecular formula is C20H28N6O6. The Labute approximate surface area is 184 Å². The summed E-state index contributed by atoms with van der Waals surface area (Å²) >= 11 is 0. The maximum atomic E-state index is 12.9. The van der Waals surface area contributed by atoms with Crippen LogP contribution >= 0.6 is 0 Å². The number of carboxylic acids is 1. The van der Waals surface area contributed by atoms with Crippen molar-refractivity contribution in [1.29, 1.82) is 0 Å². The Morgan fingerprint density at radius 2 is 1.84 bits per heavy atom. The Bertz CT molecular complexity index is 868. The van der Waals surface area contributed by atoms with Crippen LogP contribution in [0, 0.1) is 0 Å². The molecule has 1 heterocycles. The Balaban J connectivity index is 2.09. The molecule has 174 valence electrons. The molecule has 0 saturated carbocycles. The van der Waals surface area contributed by atoms with E-state index in [1.54, 1.807) is 12.1 Å². The molecule has 0 aliphatic carbocycles. The number of aromatic hydroxyl groups is 1. The van der Waals surface area contributed by atoms with Crippen LogP contribution < -0.4 is 27.4 Å². The number of nitrogens with two attached hydrogens (primary N) is 2. The van der Waals surface area contributed by atoms with E-state index in [4.69, 9.17) is 11.5 Å². The maximum absolute atomic E-state index is 12.9. The molecule has 0 bridgehead atoms. The van der Waals surface area contributed by atoms with Crippen molar-refractivity contribution < 1.29 is 29.4 Å². The predicted octanol–water partition coefficient (Wildman–Crippen LogP) is -1.68. The van der Waals surface area contributed by atoms with Crippen LogP contribution in [0.3, 0.4) is 0 Å². The normalized spacial score (nSPS) is 17.0. The molecule has 1 aromatic rings. The fourth-order valence-electron chi connectivity index (χ4n) is 3.19. The number of hydrogen-bond acceptors (Lipinski definition) is 6. The standard InChI is InChI=1S/C20H28N6O6/c21-20(22)23-9-1-2-14(19(31)32)25-18(30)15(10-11-3-5-12(27)6-4-11)26-17(29)13-7-8-16(28)24-13/h3-6,13-15,27H,1-2,7-10H2,(H,24,28)(H,25,30)(H,26,29)(H,31,32)(H4,21,22,23). The number of carbonyl (C=O) groups is 4. The van der Waals surface area contributed by atoms with Crippen LogP contribution in [0.15, 0.2) is 29.3 Å². The van der Waals surface area contributed by atoms with Gasteiger partial charge >= 0.3 is 5.97 Å². The summed E-state index contributed by atoms with van der Waals surface area (Å²) in [5.74, 6) is -2.78. The lowest BCUT2D eigenvalue weighted by Gasteiger charge is -2.23. The number of nitrogens with one attached hydrogen (secondary N) is 3. The zero-order chi connectivity index (χ0) is 23.7. The van der Waals surface area contributed by atoms with Gasteiger partial charge in [0.1, 0.15) is 23.9 Å². The van der Waals surface area contributed by atoms with Gasteiger partial charge in [0.15, 0.2) is 5.96 Å². The summed E-state index contributed by atoms with van der Waals surface area (Å²) in [6.45, 7) is 0.205. The summed E-state index contributed by atoms with van der Waals surface area (Å²) in [4.78, 5) is 52.2. The van der Waals surface area contributed by atoms with Gasteiger partial charge in [-0.15, -0.1) is 0 Å². The SMILES string of the molecule is NC(N)=NCCCC(NC(=O)C(Cc1ccc(O)cc1)NC(=O)C1CCC(=O)N1)C(=O)O. The van der Waals surface area contributed by atoms with E-state index in [1.165, 1.54) is 12.1 Å². The topological polar surface area (TPSA) is 209 Å². The number of hydrogen-bond donors (Lipinski definition) is 7. The fourth-order valence-corrected chi connectivity index (χ4v) is 3.19. The van der Waals surface area contributed by atoms with Crippen molar-refractivity contribution in [2.75, 3.05) is 6.54 Å². The quantitative estimate of drug-likeness (QED) is 0.118. The zero-order valence-corrected chi connectivity index (χ0v) is 17.4. The number of amides is 3. The van der Waals surface area contributed by atoms with Crippen molar-refractivity contribution in [3.63, 3.8) is 0 Å². The van der Waals surface area contributed by atoms with Gasteiger partial charge in [0.05, 0.1) is 0 Å². The average molecular weight is 448 g/mol. The van der Waals surface area contributed by atoms with E-state index >= 15 is 0 Å². The highest BCUT2D eigenvalue weighted by Crippen LogP contribution is 2.13. The molecule has 9 N–H and O–H groups in total. The van der Waals surface area contributed by atoms with Gasteiger partial charge in [-0.2, -0.15) is 0 Å². The number of carboxylic acid groups (broad SMARTS) is 1. The van der Waals surface area contributed by atoms with Crippen LogP contribution in [0.1, 0.15) is 31.2 Å². The highest BCUT2D eigenvalue weighted by Gasteiger charge is 2.32. The molecule has 12 heteroatoms. The van der Waals surface area contributed by atoms with Crippen molar-refractivity contribution in [2.24, 2.45) is 16.5 Å². The molecule has 3 amide bonds. The van der Waals surface area contributed by atoms with Gasteiger partial charge in [0, 0.05) is 19.4 Å². The van der Waals surface area contributed by atoms with Gasteiger partial charge in [0.25, 0.3) is 0 Å². The van der Waals surface area contributed by atoms with Crippen LogP contribution in [0.4, 0.5) is 0 Å². The van der Waals surface area contributed by atoms with E-state index in [0.29, 0.717) is 18.4 Å². The number of phenols is 1. The number of carbonyl (C=O) groups excluding carboxylic acids is 3. The van der Waals surface area contributed by atoms with Gasteiger partial charge in [0.2, 0.25) is 17.7 Å². The molecule has 3 unspecified atom stereocenters. The first-order valence-electron chi connectivity index (χ1n) is 10.1. The molecule has 0 spiro atoms. The van der Waals surface area contributed by atoms with Gasteiger partial charge < -0.3 is 37.6 Å². The molecule has 3 atom stereocenters. The maximum Gasteiger partial charge on any atom is 0.326 e. The number of rotatable bonds is 11. The number of aliphatic carboxylic acids is 1. The minimum Gasteiger partial charge on any atom is -0.508 e. The van der Waals surface area contributed by atoms with E-state index < -0.39 is 35.9 Å². The number of aliphatic imine (C=N–C) groups is 1. The van der Waals surface area contributed by atoms with Gasteiger partial charge in [-0.05, 0) is 37.0 Å². The fraction of sp³-hybridized carbons (Fsp3) is 0.450. The van der Waals surface area contributed by atoms with E-state index in [0.717, 1.165) is 0 Å². The molecule has 32 heavy (non-hydrogen) atoms. The summed E-state index contributed by atoms with van der Waals surface area (Å²) in [6.07, 6.45) is 0.970. The third-order valence-electron chi connectivity index (χ3n) is 4.88. The van der Waals surface area contributed by atoms with Crippen molar-refractivity contribution in [1.82, 2.24) is 16.0 Å². The lowest BCUT2D eigenvalue weighted by atomic mass is 10.0. The lowest BCUT2D eigenvalue weighted by Crippen LogP contribution is -2.55. The van der Waals surface area contributed by atoms with E-state index in [-0.39, 0.29) is 43.4 Å². The number of nitrogens with zero attached hydrogens (tertiary/aromatic N) is 1. The third kappa shape index (κ3) is 7.78. The first-order chi connectivity index (χ1) is 15.2. The average Bonchev–Trinajstić information content (AvgIpc) is 3.17. The summed E-state index contributed by atoms with van der Waals surface area (Å²) < 4.78 is 0. The van der Waals surface area contributed by atoms with Gasteiger partial charge in [-0.3, -0.25) is 19.4 Å². The van der Waals surface area contributed by atoms with E-state index in [9.17, 15) is 29.4 Å². The van der Waals surface area contributed by atoms with Crippen LogP contribution in [0.25, 0.3) is 0 Å². The second-order valence-corrected chi connectivity index (χ2v) is 7.44. The number of guanidine groups is 1. The second kappa shape index (κ2) is 11.5. The smallest absolute Gasteiger partial charge is 0.326 e. The van der Waals surface area contributed by atoms with Crippen molar-refractivity contribution in [2.45, 2.75) is 50.2 Å². The van der Waals surface area contributed by atoms with Gasteiger partial charge in [-0.25, -0.2) is 4.79 Å². The van der Waals surface area contributed by atoms with Crippen molar-refractivity contribution in [3.05, 3.63) is 29.8 Å². The first kappa shape index (κ1) is 24.4. The molecule has 1 aliphatic heterocycles. The largest absolute Gasteiger partial charge is 0.508 e. The Morgan fingerprint density at radius 3 is 2.41 bits per heavy atom. The van der Waals surface area contributed by atoms with E-state index in [1.807, 2.05) is 0 Å². The van der Waals surface area contributed by atoms with E-state index in [2.05, 4.69) is 20.9 Å². The van der Waals surface area contributed by atoms with Crippen LogP contribution in [0.5, 0.6) is 5.75 Å². The molecule has 0 aromatic heterocycles. The second-order valence-electron chi connectivity index (χ2n) is 7.44. The van der Waals surface area contributed by atoms with Gasteiger partial charge in [-0.1, -0.05) is 12.1 Å². The molecule has 1 saturated heterocycles. The molecule has 1 fully saturated rings. The molecule has 2 rings (SSSR count).